The molecule has 0 aliphatic carbocycles. The number of nitrogens with one attached hydrogen (secondary N) is 1. The maximum atomic E-state index is 8.12. The Morgan fingerprint density at radius 1 is 1.75 bits per heavy atom. The van der Waals surface area contributed by atoms with E-state index in [-0.39, 0.29) is 40.9 Å². The summed E-state index contributed by atoms with van der Waals surface area (Å²) >= 11 is 0. The summed E-state index contributed by atoms with van der Waals surface area (Å²) in [5.74, 6) is 0. The van der Waals surface area contributed by atoms with Gasteiger partial charge in [0, 0.05) is 40.9 Å². The van der Waals surface area contributed by atoms with Crippen molar-refractivity contribution in [2.45, 2.75) is 0 Å². The van der Waals surface area contributed by atoms with Gasteiger partial charge in [0.25, 0.3) is 0 Å². The first-order valence-corrected chi connectivity index (χ1v) is 0.408. The zero-order valence-corrected chi connectivity index (χ0v) is 5.52. The fourth-order valence-electron chi connectivity index (χ4n) is 0. The summed E-state index contributed by atoms with van der Waals surface area (Å²) in [7, 11) is 0. The fraction of sp³-hybridized carbons (Fsp3) is 0. The Bertz CT molecular complexity index is 13.5. The summed E-state index contributed by atoms with van der Waals surface area (Å²) < 4.78 is 0. The van der Waals surface area contributed by atoms with Crippen LogP contribution < -0.4 is 5.34 Å². The molecule has 0 amide bonds. The van der Waals surface area contributed by atoms with Crippen LogP contribution in [0.5, 0.6) is 0 Å². The van der Waals surface area contributed by atoms with Crippen molar-refractivity contribution in [2.24, 2.45) is 0 Å². The second kappa shape index (κ2) is 9.52. The van der Waals surface area contributed by atoms with Crippen LogP contribution in [0.1, 0.15) is 0 Å². The molecule has 0 bridgehead atoms. The molecule has 3 nitrogen and oxygen atoms in total. The normalized spacial score (nSPS) is 3.00. The predicted octanol–water partition coefficient (Wildman–Crippen LogP) is -1.67. The standard InChI is InChI=1S/La.HNO2/c;2-1-3/h;1H. The van der Waals surface area contributed by atoms with E-state index in [0.29, 0.717) is 0 Å². The molecule has 0 heterocycles. The summed E-state index contributed by atoms with van der Waals surface area (Å²) in [6.45, 7) is 0. The number of hydrogen-bond donors (Lipinski definition) is 1. The molecule has 0 saturated heterocycles. The summed E-state index contributed by atoms with van der Waals surface area (Å²) in [5.41, 5.74) is 0. The van der Waals surface area contributed by atoms with Crippen LogP contribution in [0.25, 0.3) is 0 Å². The molecule has 0 saturated carbocycles. The summed E-state index contributed by atoms with van der Waals surface area (Å²) in [6, 6.07) is 0. The fourth-order valence-corrected chi connectivity index (χ4v) is 0. The van der Waals surface area contributed by atoms with E-state index in [4.69, 9.17) is 10.1 Å². The Kier molecular flexibility index (Phi) is 21.0. The third-order valence-corrected chi connectivity index (χ3v) is 0. The Morgan fingerprint density at radius 2 is 1.75 bits per heavy atom. The summed E-state index contributed by atoms with van der Waals surface area (Å²) in [5, 5.41) is 8.38. The Morgan fingerprint density at radius 3 is 1.75 bits per heavy atom. The van der Waals surface area contributed by atoms with Crippen LogP contribution in [0.15, 0.2) is 0 Å². The van der Waals surface area contributed by atoms with Gasteiger partial charge in [0.15, 0.2) is 0 Å². The van der Waals surface area contributed by atoms with Crippen molar-refractivity contribution in [3.05, 3.63) is 10.1 Å². The molecule has 0 spiro atoms. The van der Waals surface area contributed by atoms with Gasteiger partial charge in [-0.15, -0.1) is 0 Å². The van der Waals surface area contributed by atoms with Crippen LogP contribution in [0, 0.1) is 45.7 Å². The monoisotopic (exact) mass is 186 g/mol. The van der Waals surface area contributed by atoms with E-state index in [2.05, 4.69) is 0 Å². The van der Waals surface area contributed by atoms with E-state index in [9.17, 15) is 0 Å². The molecule has 0 aliphatic heterocycles. The van der Waals surface area contributed by atoms with Crippen LogP contribution in [0.3, 0.4) is 0 Å². The molecule has 0 unspecified atom stereocenters. The first kappa shape index (κ1) is 8.82. The topological polar surface area (TPSA) is 54.1 Å². The molecule has 4 heteroatoms. The van der Waals surface area contributed by atoms with Crippen LogP contribution in [-0.2, 0) is 0 Å². The minimum Gasteiger partial charge on any atom is -0.267 e. The molecule has 0 fully saturated rings. The van der Waals surface area contributed by atoms with Gasteiger partial charge in [0.05, 0.1) is 0 Å². The smallest absolute Gasteiger partial charge is 0.00366 e. The second-order valence-corrected chi connectivity index (χ2v) is 0.0833. The average Bonchev–Trinajstić information content (AvgIpc) is 0.918. The van der Waals surface area contributed by atoms with Gasteiger partial charge < -0.3 is 0 Å². The molecular formula is HLaNO2. The van der Waals surface area contributed by atoms with Gasteiger partial charge in [-0.3, -0.25) is 10.1 Å². The molecule has 0 rings (SSSR count). The predicted molar refractivity (Wildman–Crippen MR) is 7.70 cm³/mol. The van der Waals surface area contributed by atoms with Gasteiger partial charge in [-0.05, 0) is 0 Å². The SMILES string of the molecule is O=[NH+][O-].[La]. The molecular weight excluding hydrogens is 185 g/mol. The quantitative estimate of drug-likeness (QED) is 0.363. The molecule has 0 aromatic rings. The van der Waals surface area contributed by atoms with E-state index < -0.39 is 0 Å². The average molecular weight is 186 g/mol. The largest absolute Gasteiger partial charge is 0.267 e. The van der Waals surface area contributed by atoms with Crippen molar-refractivity contribution in [3.63, 3.8) is 0 Å². The first-order chi connectivity index (χ1) is 1.41. The van der Waals surface area contributed by atoms with Crippen molar-refractivity contribution in [2.75, 3.05) is 0 Å². The molecule has 4 heavy (non-hydrogen) atoms. The van der Waals surface area contributed by atoms with Crippen LogP contribution in [0.2, 0.25) is 0 Å². The third-order valence-electron chi connectivity index (χ3n) is 0. The zero-order chi connectivity index (χ0) is 2.71. The van der Waals surface area contributed by atoms with Gasteiger partial charge in [0.2, 0.25) is 0 Å². The van der Waals surface area contributed by atoms with Crippen molar-refractivity contribution in [3.8, 4) is 0 Å². The second-order valence-electron chi connectivity index (χ2n) is 0.0833. The Labute approximate surface area is 50.9 Å². The summed E-state index contributed by atoms with van der Waals surface area (Å²) in [4.78, 5) is 8.12. The van der Waals surface area contributed by atoms with Crippen molar-refractivity contribution in [1.82, 2.24) is 0 Å². The molecule has 0 aromatic carbocycles. The zero-order valence-electron chi connectivity index (χ0n) is 1.89. The minimum atomic E-state index is 0. The van der Waals surface area contributed by atoms with E-state index in [1.807, 2.05) is 0 Å². The molecule has 0 aliphatic rings. The summed E-state index contributed by atoms with van der Waals surface area (Å²) in [6.07, 6.45) is 0. The van der Waals surface area contributed by atoms with Gasteiger partial charge >= 0.3 is 0 Å². The van der Waals surface area contributed by atoms with Gasteiger partial charge in [-0.2, -0.15) is 0 Å². The van der Waals surface area contributed by atoms with E-state index in [1.165, 1.54) is 0 Å². The third kappa shape index (κ3) is 18.7. The van der Waals surface area contributed by atoms with Crippen LogP contribution in [-0.4, -0.2) is 0 Å². The Balaban J connectivity index is 0. The van der Waals surface area contributed by atoms with Crippen molar-refractivity contribution < 1.29 is 40.9 Å². The maximum absolute atomic E-state index is 8.12. The minimum absolute atomic E-state index is 0. The Hall–Kier alpha value is 0.595. The van der Waals surface area contributed by atoms with Crippen molar-refractivity contribution >= 4 is 0 Å². The van der Waals surface area contributed by atoms with Gasteiger partial charge in [-0.1, -0.05) is 0 Å². The molecule has 1 N–H and O–H groups in total. The number of rotatable bonds is 0. The van der Waals surface area contributed by atoms with E-state index >= 15 is 0 Å². The van der Waals surface area contributed by atoms with E-state index in [0.717, 1.165) is 0 Å². The molecule has 21 valence electrons. The van der Waals surface area contributed by atoms with Gasteiger partial charge in [-0.25, -0.2) is 0 Å². The van der Waals surface area contributed by atoms with Crippen LogP contribution in [0.4, 0.5) is 0 Å². The molecule has 1 radical (unpaired) electrons. The van der Waals surface area contributed by atoms with Crippen LogP contribution >= 0.6 is 0 Å². The maximum Gasteiger partial charge on any atom is 0.00366 e. The van der Waals surface area contributed by atoms with Gasteiger partial charge in [0.1, 0.15) is 0 Å². The van der Waals surface area contributed by atoms with Crippen molar-refractivity contribution in [1.29, 1.82) is 0 Å². The molecule has 0 aromatic heterocycles. The number of hydrogen-bond acceptors (Lipinski definition) is 2. The van der Waals surface area contributed by atoms with E-state index in [1.54, 1.807) is 0 Å². The first-order valence-electron chi connectivity index (χ1n) is 0.408. The molecule has 0 atom stereocenters.